The molecule has 0 aromatic heterocycles. The van der Waals surface area contributed by atoms with E-state index in [0.29, 0.717) is 0 Å². The second-order valence-electron chi connectivity index (χ2n) is 4.93. The van der Waals surface area contributed by atoms with Gasteiger partial charge in [-0.15, -0.1) is 0 Å². The van der Waals surface area contributed by atoms with Crippen molar-refractivity contribution in [2.45, 2.75) is 59.3 Å². The Hall–Kier alpha value is -0.0800. The molecule has 0 spiro atoms. The Labute approximate surface area is 109 Å². The zero-order valence-corrected chi connectivity index (χ0v) is 12.5. The van der Waals surface area contributed by atoms with Crippen LogP contribution in [-0.4, -0.2) is 38.3 Å². The summed E-state index contributed by atoms with van der Waals surface area (Å²) in [6.07, 6.45) is 8.08. The molecule has 0 bridgehead atoms. The first-order valence-electron chi connectivity index (χ1n) is 7.49. The molecule has 104 valence electrons. The fourth-order valence-corrected chi connectivity index (χ4v) is 2.32. The minimum atomic E-state index is 0.878. The highest BCUT2D eigenvalue weighted by atomic mass is 16.5. The first-order valence-corrected chi connectivity index (χ1v) is 7.49. The molecular formula is C15H33NO. The van der Waals surface area contributed by atoms with E-state index in [4.69, 9.17) is 4.74 Å². The molecule has 0 saturated heterocycles. The summed E-state index contributed by atoms with van der Waals surface area (Å²) in [6.45, 7) is 11.4. The molecule has 0 saturated carbocycles. The highest BCUT2D eigenvalue weighted by molar-refractivity contribution is 4.59. The van der Waals surface area contributed by atoms with Gasteiger partial charge in [-0.2, -0.15) is 0 Å². The van der Waals surface area contributed by atoms with Gasteiger partial charge in [-0.3, -0.25) is 0 Å². The lowest BCUT2D eigenvalue weighted by Crippen LogP contribution is -2.23. The van der Waals surface area contributed by atoms with E-state index in [-0.39, 0.29) is 0 Å². The predicted molar refractivity (Wildman–Crippen MR) is 76.5 cm³/mol. The summed E-state index contributed by atoms with van der Waals surface area (Å²) < 4.78 is 5.16. The van der Waals surface area contributed by atoms with E-state index in [2.05, 4.69) is 25.7 Å². The molecule has 0 aliphatic rings. The average Bonchev–Trinajstić information content (AvgIpc) is 2.37. The Kier molecular flexibility index (Phi) is 12.3. The Bertz CT molecular complexity index is 146. The average molecular weight is 243 g/mol. The molecule has 0 N–H and O–H groups in total. The van der Waals surface area contributed by atoms with Crippen LogP contribution in [0.3, 0.4) is 0 Å². The van der Waals surface area contributed by atoms with Crippen LogP contribution in [0.4, 0.5) is 0 Å². The SMILES string of the molecule is CC[C@@H](CCCCCN(CC)CC)CCOC. The van der Waals surface area contributed by atoms with Crippen molar-refractivity contribution < 1.29 is 4.74 Å². The number of hydrogen-bond donors (Lipinski definition) is 0. The van der Waals surface area contributed by atoms with Gasteiger partial charge < -0.3 is 9.64 Å². The van der Waals surface area contributed by atoms with Gasteiger partial charge in [0.25, 0.3) is 0 Å². The van der Waals surface area contributed by atoms with Gasteiger partial charge in [-0.05, 0) is 38.4 Å². The van der Waals surface area contributed by atoms with E-state index in [1.54, 1.807) is 7.11 Å². The van der Waals surface area contributed by atoms with Crippen molar-refractivity contribution in [3.8, 4) is 0 Å². The van der Waals surface area contributed by atoms with Crippen LogP contribution in [0, 0.1) is 5.92 Å². The van der Waals surface area contributed by atoms with Crippen molar-refractivity contribution in [1.82, 2.24) is 4.90 Å². The maximum atomic E-state index is 5.16. The third-order valence-electron chi connectivity index (χ3n) is 3.79. The lowest BCUT2D eigenvalue weighted by Gasteiger charge is -2.18. The van der Waals surface area contributed by atoms with Gasteiger partial charge in [0, 0.05) is 13.7 Å². The summed E-state index contributed by atoms with van der Waals surface area (Å²) in [4.78, 5) is 2.52. The molecule has 17 heavy (non-hydrogen) atoms. The first-order chi connectivity index (χ1) is 8.28. The van der Waals surface area contributed by atoms with E-state index in [1.165, 1.54) is 58.2 Å². The summed E-state index contributed by atoms with van der Waals surface area (Å²) >= 11 is 0. The standard InChI is InChI=1S/C15H33NO/c1-5-15(12-14-17-4)11-9-8-10-13-16(6-2)7-3/h15H,5-14H2,1-4H3/t15-/m0/s1. The number of ether oxygens (including phenoxy) is 1. The topological polar surface area (TPSA) is 12.5 Å². The second-order valence-corrected chi connectivity index (χ2v) is 4.93. The van der Waals surface area contributed by atoms with Gasteiger partial charge in [0.2, 0.25) is 0 Å². The summed E-state index contributed by atoms with van der Waals surface area (Å²) in [6, 6.07) is 0. The number of nitrogens with zero attached hydrogens (tertiary/aromatic N) is 1. The van der Waals surface area contributed by atoms with Crippen LogP contribution in [0.1, 0.15) is 59.3 Å². The molecule has 0 aromatic rings. The van der Waals surface area contributed by atoms with Gasteiger partial charge in [0.05, 0.1) is 0 Å². The summed E-state index contributed by atoms with van der Waals surface area (Å²) in [7, 11) is 1.80. The third kappa shape index (κ3) is 9.61. The van der Waals surface area contributed by atoms with E-state index >= 15 is 0 Å². The molecule has 0 amide bonds. The van der Waals surface area contributed by atoms with Gasteiger partial charge in [-0.1, -0.05) is 46.5 Å². The van der Waals surface area contributed by atoms with Gasteiger partial charge >= 0.3 is 0 Å². The van der Waals surface area contributed by atoms with Crippen molar-refractivity contribution >= 4 is 0 Å². The summed E-state index contributed by atoms with van der Waals surface area (Å²) in [5.41, 5.74) is 0. The summed E-state index contributed by atoms with van der Waals surface area (Å²) in [5.74, 6) is 0.878. The van der Waals surface area contributed by atoms with E-state index in [9.17, 15) is 0 Å². The van der Waals surface area contributed by atoms with E-state index < -0.39 is 0 Å². The molecule has 0 fully saturated rings. The van der Waals surface area contributed by atoms with Crippen LogP contribution < -0.4 is 0 Å². The first kappa shape index (κ1) is 16.9. The van der Waals surface area contributed by atoms with Crippen molar-refractivity contribution in [1.29, 1.82) is 0 Å². The second kappa shape index (κ2) is 12.4. The van der Waals surface area contributed by atoms with Gasteiger partial charge in [-0.25, -0.2) is 0 Å². The fraction of sp³-hybridized carbons (Fsp3) is 1.00. The zero-order valence-electron chi connectivity index (χ0n) is 12.5. The molecule has 0 aliphatic carbocycles. The molecule has 0 heterocycles. The molecule has 0 radical (unpaired) electrons. The highest BCUT2D eigenvalue weighted by Gasteiger charge is 2.05. The molecule has 1 atom stereocenters. The van der Waals surface area contributed by atoms with Gasteiger partial charge in [0.1, 0.15) is 0 Å². The number of methoxy groups -OCH3 is 1. The third-order valence-corrected chi connectivity index (χ3v) is 3.79. The smallest absolute Gasteiger partial charge is 0.0464 e. The van der Waals surface area contributed by atoms with Gasteiger partial charge in [0.15, 0.2) is 0 Å². The lowest BCUT2D eigenvalue weighted by molar-refractivity contribution is 0.173. The monoisotopic (exact) mass is 243 g/mol. The minimum Gasteiger partial charge on any atom is -0.385 e. The van der Waals surface area contributed by atoms with Crippen LogP contribution in [0.25, 0.3) is 0 Å². The molecule has 0 rings (SSSR count). The number of unbranched alkanes of at least 4 members (excludes halogenated alkanes) is 2. The number of hydrogen-bond acceptors (Lipinski definition) is 2. The highest BCUT2D eigenvalue weighted by Crippen LogP contribution is 2.17. The van der Waals surface area contributed by atoms with Crippen LogP contribution in [0.15, 0.2) is 0 Å². The zero-order chi connectivity index (χ0) is 12.9. The maximum Gasteiger partial charge on any atom is 0.0464 e. The van der Waals surface area contributed by atoms with Crippen LogP contribution >= 0.6 is 0 Å². The Morgan fingerprint density at radius 3 is 2.18 bits per heavy atom. The maximum absolute atomic E-state index is 5.16. The Morgan fingerprint density at radius 1 is 0.941 bits per heavy atom. The van der Waals surface area contributed by atoms with Crippen LogP contribution in [0.2, 0.25) is 0 Å². The Morgan fingerprint density at radius 2 is 1.65 bits per heavy atom. The van der Waals surface area contributed by atoms with Crippen molar-refractivity contribution in [3.05, 3.63) is 0 Å². The van der Waals surface area contributed by atoms with Crippen LogP contribution in [-0.2, 0) is 4.74 Å². The van der Waals surface area contributed by atoms with E-state index in [0.717, 1.165) is 12.5 Å². The fourth-order valence-electron chi connectivity index (χ4n) is 2.32. The molecule has 0 aromatic carbocycles. The predicted octanol–water partition coefficient (Wildman–Crippen LogP) is 3.95. The lowest BCUT2D eigenvalue weighted by atomic mass is 9.95. The van der Waals surface area contributed by atoms with Crippen molar-refractivity contribution in [2.75, 3.05) is 33.4 Å². The molecule has 2 nitrogen and oxygen atoms in total. The normalized spacial score (nSPS) is 13.2. The molecule has 0 aliphatic heterocycles. The van der Waals surface area contributed by atoms with Crippen molar-refractivity contribution in [3.63, 3.8) is 0 Å². The number of rotatable bonds is 12. The molecular weight excluding hydrogens is 210 g/mol. The molecule has 0 unspecified atom stereocenters. The van der Waals surface area contributed by atoms with Crippen molar-refractivity contribution in [2.24, 2.45) is 5.92 Å². The molecule has 2 heteroatoms. The minimum absolute atomic E-state index is 0.878. The largest absolute Gasteiger partial charge is 0.385 e. The summed E-state index contributed by atoms with van der Waals surface area (Å²) in [5, 5.41) is 0. The quantitative estimate of drug-likeness (QED) is 0.481. The van der Waals surface area contributed by atoms with E-state index in [1.807, 2.05) is 0 Å². The van der Waals surface area contributed by atoms with Crippen LogP contribution in [0.5, 0.6) is 0 Å². The Balaban J connectivity index is 3.41.